The van der Waals surface area contributed by atoms with Crippen molar-refractivity contribution in [2.75, 3.05) is 13.2 Å². The number of nitrogens with one attached hydrogen (secondary N) is 1. The van der Waals surface area contributed by atoms with E-state index in [9.17, 15) is 17.2 Å². The molecule has 2 aromatic rings. The van der Waals surface area contributed by atoms with Gasteiger partial charge in [-0.1, -0.05) is 12.1 Å². The average molecular weight is 415 g/mol. The van der Waals surface area contributed by atoms with Crippen molar-refractivity contribution in [3.05, 3.63) is 41.2 Å². The Morgan fingerprint density at radius 1 is 1.39 bits per heavy atom. The third-order valence-electron chi connectivity index (χ3n) is 4.54. The molecule has 7 nitrogen and oxygen atoms in total. The molecule has 1 fully saturated rings. The fraction of sp³-hybridized carbons (Fsp3) is 0.500. The Bertz CT molecular complexity index is 925. The molecular weight excluding hydrogens is 392 g/mol. The van der Waals surface area contributed by atoms with E-state index in [1.54, 1.807) is 24.3 Å². The lowest BCUT2D eigenvalue weighted by Crippen LogP contribution is -2.24. The molecule has 0 spiro atoms. The van der Waals surface area contributed by atoms with Crippen molar-refractivity contribution < 1.29 is 26.7 Å². The molecule has 1 atom stereocenters. The van der Waals surface area contributed by atoms with Crippen molar-refractivity contribution >= 4 is 10.0 Å². The second kappa shape index (κ2) is 8.54. The van der Waals surface area contributed by atoms with Gasteiger partial charge in [0, 0.05) is 13.2 Å². The molecule has 1 aromatic carbocycles. The van der Waals surface area contributed by atoms with E-state index in [1.165, 1.54) is 13.8 Å². The molecule has 28 heavy (non-hydrogen) atoms. The lowest BCUT2D eigenvalue weighted by molar-refractivity contribution is 0.0538. The van der Waals surface area contributed by atoms with Crippen molar-refractivity contribution in [1.82, 2.24) is 14.5 Å². The predicted molar refractivity (Wildman–Crippen MR) is 97.9 cm³/mol. The van der Waals surface area contributed by atoms with Crippen LogP contribution in [0.25, 0.3) is 0 Å². The first-order valence-corrected chi connectivity index (χ1v) is 10.4. The highest BCUT2D eigenvalue weighted by Gasteiger charge is 2.27. The third-order valence-corrected chi connectivity index (χ3v) is 6.19. The SMILES string of the molecule is Cc1nn(C(F)F)c(C)c1S(=O)(=O)NCc1cccc(OC[C@@H]2CCCO2)c1. The van der Waals surface area contributed by atoms with Gasteiger partial charge in [0.1, 0.15) is 17.3 Å². The summed E-state index contributed by atoms with van der Waals surface area (Å²) < 4.78 is 65.2. The fourth-order valence-corrected chi connectivity index (χ4v) is 4.60. The summed E-state index contributed by atoms with van der Waals surface area (Å²) in [6, 6.07) is 7.04. The van der Waals surface area contributed by atoms with Crippen molar-refractivity contribution in [2.45, 2.75) is 50.8 Å². The molecule has 0 amide bonds. The molecule has 1 aromatic heterocycles. The second-order valence-electron chi connectivity index (χ2n) is 6.64. The average Bonchev–Trinajstić information content (AvgIpc) is 3.26. The molecule has 0 unspecified atom stereocenters. The number of rotatable bonds is 8. The Balaban J connectivity index is 1.67. The Hall–Kier alpha value is -2.04. The summed E-state index contributed by atoms with van der Waals surface area (Å²) >= 11 is 0. The summed E-state index contributed by atoms with van der Waals surface area (Å²) in [6.07, 6.45) is 2.07. The number of ether oxygens (including phenoxy) is 2. The zero-order valence-corrected chi connectivity index (χ0v) is 16.5. The molecule has 0 radical (unpaired) electrons. The number of benzene rings is 1. The van der Waals surface area contributed by atoms with Crippen LogP contribution < -0.4 is 9.46 Å². The molecule has 3 rings (SSSR count). The van der Waals surface area contributed by atoms with Gasteiger partial charge in [0.2, 0.25) is 10.0 Å². The number of aromatic nitrogens is 2. The van der Waals surface area contributed by atoms with Gasteiger partial charge in [-0.2, -0.15) is 13.9 Å². The van der Waals surface area contributed by atoms with Crippen molar-refractivity contribution in [3.8, 4) is 5.75 Å². The Labute approximate surface area is 162 Å². The lowest BCUT2D eigenvalue weighted by Gasteiger charge is -2.13. The van der Waals surface area contributed by atoms with Crippen LogP contribution in [0.2, 0.25) is 0 Å². The van der Waals surface area contributed by atoms with Crippen LogP contribution in [0.4, 0.5) is 8.78 Å². The first-order chi connectivity index (χ1) is 13.3. The van der Waals surface area contributed by atoms with Gasteiger partial charge in [-0.15, -0.1) is 0 Å². The summed E-state index contributed by atoms with van der Waals surface area (Å²) in [7, 11) is -4.00. The van der Waals surface area contributed by atoms with Crippen molar-refractivity contribution in [1.29, 1.82) is 0 Å². The monoisotopic (exact) mass is 415 g/mol. The van der Waals surface area contributed by atoms with Gasteiger partial charge < -0.3 is 9.47 Å². The largest absolute Gasteiger partial charge is 0.491 e. The minimum absolute atomic E-state index is 0.00179. The molecule has 0 saturated carbocycles. The van der Waals surface area contributed by atoms with E-state index < -0.39 is 16.6 Å². The molecule has 10 heteroatoms. The van der Waals surface area contributed by atoms with Crippen LogP contribution >= 0.6 is 0 Å². The zero-order chi connectivity index (χ0) is 20.3. The maximum atomic E-state index is 13.0. The quantitative estimate of drug-likeness (QED) is 0.717. The number of sulfonamides is 1. The van der Waals surface area contributed by atoms with Crippen LogP contribution in [0.1, 0.15) is 36.3 Å². The maximum absolute atomic E-state index is 13.0. The van der Waals surface area contributed by atoms with E-state index in [1.807, 2.05) is 0 Å². The Morgan fingerprint density at radius 2 is 2.18 bits per heavy atom. The minimum atomic E-state index is -4.00. The van der Waals surface area contributed by atoms with Gasteiger partial charge in [-0.25, -0.2) is 17.8 Å². The highest BCUT2D eigenvalue weighted by Crippen LogP contribution is 2.24. The Morgan fingerprint density at radius 3 is 2.82 bits per heavy atom. The van der Waals surface area contributed by atoms with Gasteiger partial charge in [-0.3, -0.25) is 0 Å². The summed E-state index contributed by atoms with van der Waals surface area (Å²) in [5.41, 5.74) is 0.609. The van der Waals surface area contributed by atoms with Crippen LogP contribution in [0.5, 0.6) is 5.75 Å². The first kappa shape index (κ1) is 20.7. The molecule has 1 N–H and O–H groups in total. The summed E-state index contributed by atoms with van der Waals surface area (Å²) in [4.78, 5) is -0.224. The highest BCUT2D eigenvalue weighted by atomic mass is 32.2. The standard InChI is InChI=1S/C18H23F2N3O4S/c1-12-17(13(2)23(22-12)18(19)20)28(24,25)21-10-14-5-3-6-15(9-14)27-11-16-7-4-8-26-16/h3,5-6,9,16,18,21H,4,7-8,10-11H2,1-2H3/t16-/m0/s1. The van der Waals surface area contributed by atoms with Gasteiger partial charge in [0.15, 0.2) is 0 Å². The van der Waals surface area contributed by atoms with Crippen molar-refractivity contribution in [3.63, 3.8) is 0 Å². The van der Waals surface area contributed by atoms with E-state index in [4.69, 9.17) is 9.47 Å². The van der Waals surface area contributed by atoms with Crippen LogP contribution in [0.15, 0.2) is 29.2 Å². The fourth-order valence-electron chi connectivity index (χ4n) is 3.19. The molecule has 1 saturated heterocycles. The van der Waals surface area contributed by atoms with Gasteiger partial charge in [-0.05, 0) is 44.4 Å². The molecule has 0 aliphatic carbocycles. The second-order valence-corrected chi connectivity index (χ2v) is 8.34. The first-order valence-electron chi connectivity index (χ1n) is 8.95. The van der Waals surface area contributed by atoms with E-state index in [2.05, 4.69) is 9.82 Å². The number of aryl methyl sites for hydroxylation is 1. The highest BCUT2D eigenvalue weighted by molar-refractivity contribution is 7.89. The third kappa shape index (κ3) is 4.68. The van der Waals surface area contributed by atoms with Crippen LogP contribution in [-0.2, 0) is 21.3 Å². The van der Waals surface area contributed by atoms with Crippen LogP contribution in [0.3, 0.4) is 0 Å². The van der Waals surface area contributed by atoms with E-state index in [0.717, 1.165) is 19.4 Å². The van der Waals surface area contributed by atoms with Crippen molar-refractivity contribution in [2.24, 2.45) is 0 Å². The predicted octanol–water partition coefficient (Wildman–Crippen LogP) is 2.93. The zero-order valence-electron chi connectivity index (χ0n) is 15.7. The molecule has 2 heterocycles. The van der Waals surface area contributed by atoms with Gasteiger partial charge in [0.25, 0.3) is 0 Å². The van der Waals surface area contributed by atoms with Gasteiger partial charge >= 0.3 is 6.55 Å². The normalized spacial score (nSPS) is 17.4. The molecule has 154 valence electrons. The smallest absolute Gasteiger partial charge is 0.333 e. The van der Waals surface area contributed by atoms with Crippen LogP contribution in [-0.4, -0.2) is 37.5 Å². The number of nitrogens with zero attached hydrogens (tertiary/aromatic N) is 2. The summed E-state index contributed by atoms with van der Waals surface area (Å²) in [6.45, 7) is 0.982. The number of alkyl halides is 2. The van der Waals surface area contributed by atoms with E-state index in [0.29, 0.717) is 22.6 Å². The minimum Gasteiger partial charge on any atom is -0.491 e. The lowest BCUT2D eigenvalue weighted by atomic mass is 10.2. The van der Waals surface area contributed by atoms with Gasteiger partial charge in [0.05, 0.1) is 17.5 Å². The maximum Gasteiger partial charge on any atom is 0.333 e. The molecule has 1 aliphatic heterocycles. The van der Waals surface area contributed by atoms with Crippen LogP contribution in [0, 0.1) is 13.8 Å². The molecular formula is C18H23F2N3O4S. The number of halogens is 2. The number of hydrogen-bond donors (Lipinski definition) is 1. The number of hydrogen-bond acceptors (Lipinski definition) is 5. The topological polar surface area (TPSA) is 82.5 Å². The van der Waals surface area contributed by atoms with E-state index >= 15 is 0 Å². The Kier molecular flexibility index (Phi) is 6.31. The van der Waals surface area contributed by atoms with E-state index in [-0.39, 0.29) is 28.9 Å². The summed E-state index contributed by atoms with van der Waals surface area (Å²) in [5, 5.41) is 3.62. The summed E-state index contributed by atoms with van der Waals surface area (Å²) in [5.74, 6) is 0.616. The molecule has 1 aliphatic rings. The molecule has 0 bridgehead atoms.